The van der Waals surface area contributed by atoms with Gasteiger partial charge in [-0.05, 0) is 62.1 Å². The summed E-state index contributed by atoms with van der Waals surface area (Å²) in [5.74, 6) is 2.50. The lowest BCUT2D eigenvalue weighted by molar-refractivity contribution is -0.132. The van der Waals surface area contributed by atoms with Crippen LogP contribution in [0, 0.1) is 6.92 Å². The van der Waals surface area contributed by atoms with E-state index in [-0.39, 0.29) is 11.9 Å². The van der Waals surface area contributed by atoms with Crippen molar-refractivity contribution in [3.8, 4) is 5.75 Å². The zero-order valence-electron chi connectivity index (χ0n) is 18.0. The molecule has 0 radical (unpaired) electrons. The number of ether oxygens (including phenoxy) is 1. The Morgan fingerprint density at radius 1 is 1.06 bits per heavy atom. The molecule has 31 heavy (non-hydrogen) atoms. The van der Waals surface area contributed by atoms with Crippen LogP contribution < -0.4 is 10.1 Å². The van der Waals surface area contributed by atoms with Crippen LogP contribution in [0.5, 0.6) is 5.75 Å². The molecule has 1 aromatic carbocycles. The summed E-state index contributed by atoms with van der Waals surface area (Å²) in [5, 5.41) is 3.27. The fourth-order valence-electron chi connectivity index (χ4n) is 4.12. The molecule has 0 bridgehead atoms. The molecule has 1 aliphatic heterocycles. The smallest absolute Gasteiger partial charge is 0.223 e. The van der Waals surface area contributed by atoms with E-state index in [1.165, 1.54) is 0 Å². The second-order valence-electron chi connectivity index (χ2n) is 7.79. The first-order chi connectivity index (χ1) is 15.1. The number of hydrogen-bond donors (Lipinski definition) is 1. The summed E-state index contributed by atoms with van der Waals surface area (Å²) in [7, 11) is 1.66. The van der Waals surface area contributed by atoms with Crippen molar-refractivity contribution < 1.29 is 9.53 Å². The number of para-hydroxylation sites is 1. The Labute approximate surface area is 183 Å². The number of hydrogen-bond acceptors (Lipinski definition) is 5. The molecule has 1 N–H and O–H groups in total. The SMILES string of the molecule is COc1ccccc1CCC(=O)N1CCC[C@@H]1c1cccc(Nc2cccc(C)n2)n1. The van der Waals surface area contributed by atoms with Crippen molar-refractivity contribution in [2.75, 3.05) is 19.0 Å². The maximum atomic E-state index is 13.0. The summed E-state index contributed by atoms with van der Waals surface area (Å²) in [6.45, 7) is 2.73. The van der Waals surface area contributed by atoms with Gasteiger partial charge in [0.15, 0.2) is 0 Å². The number of pyridine rings is 2. The number of likely N-dealkylation sites (tertiary alicyclic amines) is 1. The number of nitrogens with one attached hydrogen (secondary N) is 1. The predicted octanol–water partition coefficient (Wildman–Crippen LogP) is 4.83. The number of aryl methyl sites for hydroxylation is 2. The highest BCUT2D eigenvalue weighted by Gasteiger charge is 2.30. The molecule has 3 heterocycles. The highest BCUT2D eigenvalue weighted by Crippen LogP contribution is 2.32. The molecular formula is C25H28N4O2. The number of methoxy groups -OCH3 is 1. The van der Waals surface area contributed by atoms with E-state index in [9.17, 15) is 4.79 Å². The molecule has 160 valence electrons. The summed E-state index contributed by atoms with van der Waals surface area (Å²) < 4.78 is 5.42. The van der Waals surface area contributed by atoms with Crippen LogP contribution in [0.3, 0.4) is 0 Å². The number of carbonyl (C=O) groups is 1. The minimum absolute atomic E-state index is 0.0115. The van der Waals surface area contributed by atoms with Gasteiger partial charge in [-0.25, -0.2) is 9.97 Å². The van der Waals surface area contributed by atoms with Gasteiger partial charge in [-0.3, -0.25) is 4.79 Å². The first kappa shape index (κ1) is 20.8. The van der Waals surface area contributed by atoms with Gasteiger partial charge >= 0.3 is 0 Å². The van der Waals surface area contributed by atoms with Gasteiger partial charge in [0, 0.05) is 18.7 Å². The van der Waals surface area contributed by atoms with Gasteiger partial charge in [-0.1, -0.05) is 30.3 Å². The second kappa shape index (κ2) is 9.60. The lowest BCUT2D eigenvalue weighted by atomic mass is 10.1. The van der Waals surface area contributed by atoms with Crippen LogP contribution in [-0.4, -0.2) is 34.4 Å². The summed E-state index contributed by atoms with van der Waals surface area (Å²) >= 11 is 0. The molecule has 0 unspecified atom stereocenters. The number of anilines is 2. The number of nitrogens with zero attached hydrogens (tertiary/aromatic N) is 3. The van der Waals surface area contributed by atoms with Gasteiger partial charge in [-0.15, -0.1) is 0 Å². The van der Waals surface area contributed by atoms with Gasteiger partial charge in [0.05, 0.1) is 18.8 Å². The third kappa shape index (κ3) is 5.02. The zero-order valence-corrected chi connectivity index (χ0v) is 18.0. The van der Waals surface area contributed by atoms with Gasteiger partial charge in [0.25, 0.3) is 0 Å². The highest BCUT2D eigenvalue weighted by molar-refractivity contribution is 5.77. The Hall–Kier alpha value is -3.41. The van der Waals surface area contributed by atoms with Gasteiger partial charge in [0.1, 0.15) is 17.4 Å². The molecule has 6 nitrogen and oxygen atoms in total. The Morgan fingerprint density at radius 2 is 1.84 bits per heavy atom. The van der Waals surface area contributed by atoms with Crippen molar-refractivity contribution in [2.45, 2.75) is 38.6 Å². The topological polar surface area (TPSA) is 67.3 Å². The molecule has 6 heteroatoms. The van der Waals surface area contributed by atoms with Crippen molar-refractivity contribution in [1.82, 2.24) is 14.9 Å². The van der Waals surface area contributed by atoms with Gasteiger partial charge in [-0.2, -0.15) is 0 Å². The molecule has 2 aromatic heterocycles. The molecule has 4 rings (SSSR count). The molecule has 1 fully saturated rings. The van der Waals surface area contributed by atoms with Crippen molar-refractivity contribution in [3.63, 3.8) is 0 Å². The van der Waals surface area contributed by atoms with E-state index in [4.69, 9.17) is 9.72 Å². The van der Waals surface area contributed by atoms with E-state index in [1.807, 2.05) is 72.5 Å². The largest absolute Gasteiger partial charge is 0.496 e. The van der Waals surface area contributed by atoms with Crippen LogP contribution in [0.2, 0.25) is 0 Å². The zero-order chi connectivity index (χ0) is 21.6. The summed E-state index contributed by atoms with van der Waals surface area (Å²) in [4.78, 5) is 24.3. The molecule has 1 atom stereocenters. The third-order valence-electron chi connectivity index (χ3n) is 5.63. The number of carbonyl (C=O) groups excluding carboxylic acids is 1. The predicted molar refractivity (Wildman–Crippen MR) is 121 cm³/mol. The molecule has 1 aliphatic rings. The van der Waals surface area contributed by atoms with Gasteiger partial charge in [0.2, 0.25) is 5.91 Å². The maximum Gasteiger partial charge on any atom is 0.223 e. The third-order valence-corrected chi connectivity index (χ3v) is 5.63. The van der Waals surface area contributed by atoms with E-state index >= 15 is 0 Å². The molecule has 1 amide bonds. The second-order valence-corrected chi connectivity index (χ2v) is 7.79. The number of rotatable bonds is 7. The Morgan fingerprint density at radius 3 is 2.65 bits per heavy atom. The lowest BCUT2D eigenvalue weighted by Crippen LogP contribution is -2.31. The summed E-state index contributed by atoms with van der Waals surface area (Å²) in [5.41, 5.74) is 2.92. The molecule has 0 spiro atoms. The number of benzene rings is 1. The van der Waals surface area contributed by atoms with Crippen molar-refractivity contribution in [2.24, 2.45) is 0 Å². The standard InChI is InChI=1S/C25H28N4O2/c1-18-8-5-13-23(26-18)28-24-14-6-10-20(27-24)21-11-7-17-29(21)25(30)16-15-19-9-3-4-12-22(19)31-2/h3-6,8-10,12-14,21H,7,11,15-17H2,1-2H3,(H,26,27,28)/t21-/m1/s1. The van der Waals surface area contributed by atoms with Crippen LogP contribution in [0.25, 0.3) is 0 Å². The molecule has 0 saturated carbocycles. The van der Waals surface area contributed by atoms with Crippen LogP contribution >= 0.6 is 0 Å². The van der Waals surface area contributed by atoms with Crippen LogP contribution in [-0.2, 0) is 11.2 Å². The van der Waals surface area contributed by atoms with E-state index < -0.39 is 0 Å². The normalized spacial score (nSPS) is 15.7. The average molecular weight is 417 g/mol. The van der Waals surface area contributed by atoms with Crippen molar-refractivity contribution in [3.05, 3.63) is 77.6 Å². The first-order valence-corrected chi connectivity index (χ1v) is 10.7. The monoisotopic (exact) mass is 416 g/mol. The van der Waals surface area contributed by atoms with Crippen LogP contribution in [0.4, 0.5) is 11.6 Å². The number of amides is 1. The minimum Gasteiger partial charge on any atom is -0.496 e. The van der Waals surface area contributed by atoms with Crippen molar-refractivity contribution >= 4 is 17.5 Å². The fraction of sp³-hybridized carbons (Fsp3) is 0.320. The molecular weight excluding hydrogens is 388 g/mol. The Kier molecular flexibility index (Phi) is 6.46. The van der Waals surface area contributed by atoms with Crippen LogP contribution in [0.15, 0.2) is 60.7 Å². The quantitative estimate of drug-likeness (QED) is 0.597. The van der Waals surface area contributed by atoms with Crippen molar-refractivity contribution in [1.29, 1.82) is 0 Å². The molecule has 1 saturated heterocycles. The van der Waals surface area contributed by atoms with E-state index in [2.05, 4.69) is 10.3 Å². The highest BCUT2D eigenvalue weighted by atomic mass is 16.5. The minimum atomic E-state index is 0.0115. The molecule has 3 aromatic rings. The fourth-order valence-corrected chi connectivity index (χ4v) is 4.12. The number of aromatic nitrogens is 2. The van der Waals surface area contributed by atoms with E-state index in [1.54, 1.807) is 7.11 Å². The maximum absolute atomic E-state index is 13.0. The molecule has 0 aliphatic carbocycles. The average Bonchev–Trinajstić information content (AvgIpc) is 3.28. The van der Waals surface area contributed by atoms with E-state index in [0.717, 1.165) is 53.7 Å². The van der Waals surface area contributed by atoms with Crippen LogP contribution in [0.1, 0.15) is 42.3 Å². The Bertz CT molecular complexity index is 1050. The van der Waals surface area contributed by atoms with Gasteiger partial charge < -0.3 is 15.0 Å². The summed E-state index contributed by atoms with van der Waals surface area (Å²) in [6, 6.07) is 19.6. The first-order valence-electron chi connectivity index (χ1n) is 10.7. The van der Waals surface area contributed by atoms with E-state index in [0.29, 0.717) is 12.8 Å². The Balaban J connectivity index is 1.44. The summed E-state index contributed by atoms with van der Waals surface area (Å²) in [6.07, 6.45) is 3.05. The lowest BCUT2D eigenvalue weighted by Gasteiger charge is -2.25.